The number of esters is 1. The van der Waals surface area contributed by atoms with Crippen LogP contribution in [0.1, 0.15) is 51.0 Å². The fourth-order valence-corrected chi connectivity index (χ4v) is 5.62. The highest BCUT2D eigenvalue weighted by molar-refractivity contribution is 5.90. The third-order valence-electron chi connectivity index (χ3n) is 6.30. The summed E-state index contributed by atoms with van der Waals surface area (Å²) in [5.74, 6) is 1.67. The van der Waals surface area contributed by atoms with E-state index in [1.165, 1.54) is 25.3 Å². The average molecular weight is 353 g/mol. The molecule has 4 heteroatoms. The van der Waals surface area contributed by atoms with Gasteiger partial charge in [-0.15, -0.1) is 0 Å². The number of carbonyl (C=O) groups excluding carboxylic acids is 2. The molecule has 1 N–H and O–H groups in total. The first-order valence-electron chi connectivity index (χ1n) is 9.77. The Morgan fingerprint density at radius 3 is 2.23 bits per heavy atom. The zero-order valence-corrected chi connectivity index (χ0v) is 15.3. The van der Waals surface area contributed by atoms with Crippen molar-refractivity contribution in [1.82, 2.24) is 5.32 Å². The van der Waals surface area contributed by atoms with Crippen LogP contribution < -0.4 is 5.32 Å². The van der Waals surface area contributed by atoms with Gasteiger partial charge in [0, 0.05) is 11.6 Å². The van der Waals surface area contributed by atoms with E-state index in [9.17, 15) is 9.59 Å². The van der Waals surface area contributed by atoms with Gasteiger partial charge >= 0.3 is 5.97 Å². The second-order valence-corrected chi connectivity index (χ2v) is 8.51. The summed E-state index contributed by atoms with van der Waals surface area (Å²) in [7, 11) is 0. The molecule has 4 fully saturated rings. The van der Waals surface area contributed by atoms with E-state index in [2.05, 4.69) is 5.32 Å². The zero-order chi connectivity index (χ0) is 18.1. The Morgan fingerprint density at radius 1 is 1.08 bits per heavy atom. The number of hydrogen-bond acceptors (Lipinski definition) is 3. The third kappa shape index (κ3) is 3.69. The predicted molar refractivity (Wildman–Crippen MR) is 100 cm³/mol. The zero-order valence-electron chi connectivity index (χ0n) is 15.3. The molecule has 4 nitrogen and oxygen atoms in total. The van der Waals surface area contributed by atoms with Crippen LogP contribution in [0.15, 0.2) is 36.4 Å². The van der Waals surface area contributed by atoms with Crippen molar-refractivity contribution in [1.29, 1.82) is 0 Å². The summed E-state index contributed by atoms with van der Waals surface area (Å²) in [5.41, 5.74) is 0.877. The number of hydrogen-bond donors (Lipinski definition) is 1. The van der Waals surface area contributed by atoms with E-state index in [-0.39, 0.29) is 11.4 Å². The molecule has 4 aliphatic rings. The lowest BCUT2D eigenvalue weighted by atomic mass is 9.53. The molecule has 4 aliphatic carbocycles. The van der Waals surface area contributed by atoms with Crippen molar-refractivity contribution in [3.05, 3.63) is 42.0 Å². The quantitative estimate of drug-likeness (QED) is 0.648. The van der Waals surface area contributed by atoms with Crippen molar-refractivity contribution in [2.45, 2.75) is 57.1 Å². The van der Waals surface area contributed by atoms with Crippen LogP contribution in [0.3, 0.4) is 0 Å². The molecule has 26 heavy (non-hydrogen) atoms. The Hall–Kier alpha value is -2.10. The molecule has 0 heterocycles. The number of rotatable bonds is 5. The van der Waals surface area contributed by atoms with Crippen LogP contribution in [-0.2, 0) is 14.3 Å². The average Bonchev–Trinajstić information content (AvgIpc) is 2.59. The molecular formula is C22H27NO3. The Morgan fingerprint density at radius 2 is 1.65 bits per heavy atom. The van der Waals surface area contributed by atoms with E-state index in [0.717, 1.165) is 42.6 Å². The highest BCUT2D eigenvalue weighted by Crippen LogP contribution is 2.55. The normalized spacial score (nSPS) is 33.2. The van der Waals surface area contributed by atoms with Gasteiger partial charge in [0.25, 0.3) is 5.91 Å². The number of ether oxygens (including phenoxy) is 1. The van der Waals surface area contributed by atoms with Crippen molar-refractivity contribution in [2.75, 3.05) is 0 Å². The van der Waals surface area contributed by atoms with E-state index in [1.807, 2.05) is 30.3 Å². The van der Waals surface area contributed by atoms with Gasteiger partial charge in [-0.25, -0.2) is 4.79 Å². The standard InChI is InChI=1S/C22H27NO3/c1-15(26-20(24)8-7-16-5-3-2-4-6-16)21(25)23-22-12-17-9-18(13-22)11-19(10-17)14-22/h2-8,15,17-19H,9-14H2,1H3,(H,23,25)/b8-7+/t15-,17?,18?,19?,22?/m1/s1. The first-order chi connectivity index (χ1) is 12.5. The molecular weight excluding hydrogens is 326 g/mol. The van der Waals surface area contributed by atoms with Crippen LogP contribution in [0.25, 0.3) is 6.08 Å². The number of nitrogens with one attached hydrogen (secondary N) is 1. The number of carbonyl (C=O) groups is 2. The van der Waals surface area contributed by atoms with Gasteiger partial charge in [0.2, 0.25) is 0 Å². The van der Waals surface area contributed by atoms with Crippen LogP contribution in [0.5, 0.6) is 0 Å². The first-order valence-corrected chi connectivity index (χ1v) is 9.77. The molecule has 1 amide bonds. The summed E-state index contributed by atoms with van der Waals surface area (Å²) in [6, 6.07) is 9.56. The first kappa shape index (κ1) is 17.3. The molecule has 0 aromatic heterocycles. The maximum absolute atomic E-state index is 12.6. The summed E-state index contributed by atoms with van der Waals surface area (Å²) < 4.78 is 5.31. The lowest BCUT2D eigenvalue weighted by Crippen LogP contribution is -2.61. The van der Waals surface area contributed by atoms with Crippen molar-refractivity contribution < 1.29 is 14.3 Å². The van der Waals surface area contributed by atoms with Gasteiger partial charge in [-0.2, -0.15) is 0 Å². The minimum absolute atomic E-state index is 0.0492. The highest BCUT2D eigenvalue weighted by atomic mass is 16.5. The van der Waals surface area contributed by atoms with Gasteiger partial charge < -0.3 is 10.1 Å². The summed E-state index contributed by atoms with van der Waals surface area (Å²) in [6.07, 6.45) is 9.61. The molecule has 0 radical (unpaired) electrons. The number of amides is 1. The fraction of sp³-hybridized carbons (Fsp3) is 0.545. The van der Waals surface area contributed by atoms with E-state index in [0.29, 0.717) is 0 Å². The minimum atomic E-state index is -0.768. The smallest absolute Gasteiger partial charge is 0.331 e. The van der Waals surface area contributed by atoms with Crippen molar-refractivity contribution >= 4 is 18.0 Å². The Kier molecular flexibility index (Phi) is 4.60. The van der Waals surface area contributed by atoms with Gasteiger partial charge in [0.05, 0.1) is 0 Å². The second-order valence-electron chi connectivity index (χ2n) is 8.51. The Bertz CT molecular complexity index is 674. The van der Waals surface area contributed by atoms with Crippen molar-refractivity contribution in [3.8, 4) is 0 Å². The SMILES string of the molecule is C[C@@H](OC(=O)/C=C/c1ccccc1)C(=O)NC12CC3CC(CC(C3)C1)C2. The van der Waals surface area contributed by atoms with Crippen LogP contribution in [0.4, 0.5) is 0 Å². The summed E-state index contributed by atoms with van der Waals surface area (Å²) >= 11 is 0. The lowest BCUT2D eigenvalue weighted by molar-refractivity contribution is -0.152. The Balaban J connectivity index is 1.32. The van der Waals surface area contributed by atoms with E-state index in [4.69, 9.17) is 4.74 Å². The third-order valence-corrected chi connectivity index (χ3v) is 6.30. The predicted octanol–water partition coefficient (Wildman–Crippen LogP) is 3.72. The lowest BCUT2D eigenvalue weighted by Gasteiger charge is -2.57. The van der Waals surface area contributed by atoms with Gasteiger partial charge in [-0.3, -0.25) is 4.79 Å². The fourth-order valence-electron chi connectivity index (χ4n) is 5.62. The molecule has 0 saturated heterocycles. The molecule has 1 atom stereocenters. The summed E-state index contributed by atoms with van der Waals surface area (Å²) in [6.45, 7) is 1.66. The van der Waals surface area contributed by atoms with E-state index < -0.39 is 12.1 Å². The van der Waals surface area contributed by atoms with E-state index in [1.54, 1.807) is 13.0 Å². The maximum Gasteiger partial charge on any atom is 0.331 e. The van der Waals surface area contributed by atoms with Crippen LogP contribution in [0.2, 0.25) is 0 Å². The molecule has 4 saturated carbocycles. The van der Waals surface area contributed by atoms with Crippen LogP contribution in [0, 0.1) is 17.8 Å². The van der Waals surface area contributed by atoms with Gasteiger partial charge in [0.1, 0.15) is 0 Å². The molecule has 138 valence electrons. The minimum Gasteiger partial charge on any atom is -0.449 e. The molecule has 0 spiro atoms. The summed E-state index contributed by atoms with van der Waals surface area (Å²) in [5, 5.41) is 3.26. The molecule has 0 unspecified atom stereocenters. The monoisotopic (exact) mass is 353 g/mol. The molecule has 0 aliphatic heterocycles. The molecule has 1 aromatic rings. The van der Waals surface area contributed by atoms with Crippen LogP contribution in [-0.4, -0.2) is 23.5 Å². The largest absolute Gasteiger partial charge is 0.449 e. The van der Waals surface area contributed by atoms with Crippen molar-refractivity contribution in [3.63, 3.8) is 0 Å². The van der Waals surface area contributed by atoms with Gasteiger partial charge in [0.15, 0.2) is 6.10 Å². The summed E-state index contributed by atoms with van der Waals surface area (Å²) in [4.78, 5) is 24.6. The van der Waals surface area contributed by atoms with E-state index >= 15 is 0 Å². The van der Waals surface area contributed by atoms with Gasteiger partial charge in [-0.05, 0) is 74.8 Å². The van der Waals surface area contributed by atoms with Crippen molar-refractivity contribution in [2.24, 2.45) is 17.8 Å². The Labute approximate surface area is 155 Å². The number of benzene rings is 1. The molecule has 1 aromatic carbocycles. The second kappa shape index (κ2) is 6.90. The van der Waals surface area contributed by atoms with Gasteiger partial charge in [-0.1, -0.05) is 30.3 Å². The van der Waals surface area contributed by atoms with Crippen LogP contribution >= 0.6 is 0 Å². The maximum atomic E-state index is 12.6. The topological polar surface area (TPSA) is 55.4 Å². The molecule has 4 bridgehead atoms. The molecule has 5 rings (SSSR count). The highest BCUT2D eigenvalue weighted by Gasteiger charge is 2.51.